The van der Waals surface area contributed by atoms with Gasteiger partial charge in [-0.15, -0.1) is 0 Å². The Morgan fingerprint density at radius 2 is 2.17 bits per heavy atom. The number of rotatable bonds is 7. The van der Waals surface area contributed by atoms with Crippen molar-refractivity contribution in [1.29, 1.82) is 5.26 Å². The molecule has 1 heterocycles. The quantitative estimate of drug-likeness (QED) is 0.484. The molecular weight excluding hydrogens is 302 g/mol. The molecule has 1 aromatic heterocycles. The molecule has 0 aliphatic heterocycles. The fraction of sp³-hybridized carbons (Fsp3) is 0.105. The lowest BCUT2D eigenvalue weighted by atomic mass is 10.1. The average molecular weight is 319 g/mol. The van der Waals surface area contributed by atoms with Gasteiger partial charge in [0.15, 0.2) is 0 Å². The van der Waals surface area contributed by atoms with Gasteiger partial charge in [-0.2, -0.15) is 5.26 Å². The van der Waals surface area contributed by atoms with Crippen molar-refractivity contribution in [1.82, 2.24) is 10.3 Å². The Morgan fingerprint density at radius 1 is 1.33 bits per heavy atom. The van der Waals surface area contributed by atoms with Gasteiger partial charge < -0.3 is 10.1 Å². The molecule has 0 atom stereocenters. The lowest BCUT2D eigenvalue weighted by Crippen LogP contribution is -2.24. The van der Waals surface area contributed by atoms with Gasteiger partial charge in [-0.05, 0) is 23.8 Å². The Morgan fingerprint density at radius 3 is 2.88 bits per heavy atom. The number of ether oxygens (including phenoxy) is 1. The summed E-state index contributed by atoms with van der Waals surface area (Å²) in [6, 6.07) is 12.8. The van der Waals surface area contributed by atoms with Crippen LogP contribution in [0, 0.1) is 11.3 Å². The van der Waals surface area contributed by atoms with Gasteiger partial charge in [0.2, 0.25) is 0 Å². The molecule has 0 radical (unpaired) electrons. The molecule has 0 saturated heterocycles. The monoisotopic (exact) mass is 319 g/mol. The zero-order valence-corrected chi connectivity index (χ0v) is 13.1. The van der Waals surface area contributed by atoms with E-state index < -0.39 is 5.91 Å². The van der Waals surface area contributed by atoms with Gasteiger partial charge >= 0.3 is 0 Å². The van der Waals surface area contributed by atoms with Crippen molar-refractivity contribution in [3.63, 3.8) is 0 Å². The molecule has 0 aliphatic rings. The van der Waals surface area contributed by atoms with Crippen LogP contribution in [0.5, 0.6) is 5.75 Å². The fourth-order valence-corrected chi connectivity index (χ4v) is 1.96. The van der Waals surface area contributed by atoms with Gasteiger partial charge in [-0.3, -0.25) is 9.78 Å². The smallest absolute Gasteiger partial charge is 0.262 e. The number of amides is 1. The molecule has 0 saturated carbocycles. The summed E-state index contributed by atoms with van der Waals surface area (Å²) in [6.45, 7) is 4.25. The van der Waals surface area contributed by atoms with Crippen LogP contribution in [0.3, 0.4) is 0 Å². The largest absolute Gasteiger partial charge is 0.489 e. The van der Waals surface area contributed by atoms with Gasteiger partial charge in [0.25, 0.3) is 5.91 Å². The predicted octanol–water partition coefficient (Wildman–Crippen LogP) is 2.87. The maximum atomic E-state index is 12.2. The number of pyridine rings is 1. The fourth-order valence-electron chi connectivity index (χ4n) is 1.96. The molecule has 120 valence electrons. The first-order chi connectivity index (χ1) is 11.7. The van der Waals surface area contributed by atoms with E-state index in [1.54, 1.807) is 36.7 Å². The number of benzene rings is 1. The van der Waals surface area contributed by atoms with E-state index in [1.165, 1.54) is 6.08 Å². The third kappa shape index (κ3) is 4.82. The third-order valence-electron chi connectivity index (χ3n) is 3.12. The van der Waals surface area contributed by atoms with E-state index in [-0.39, 0.29) is 5.57 Å². The topological polar surface area (TPSA) is 75.0 Å². The number of hydrogen-bond donors (Lipinski definition) is 1. The molecule has 5 heteroatoms. The Bertz CT molecular complexity index is 777. The lowest BCUT2D eigenvalue weighted by molar-refractivity contribution is -0.117. The van der Waals surface area contributed by atoms with Crippen LogP contribution in [0.1, 0.15) is 11.1 Å². The summed E-state index contributed by atoms with van der Waals surface area (Å²) in [4.78, 5) is 16.2. The molecule has 0 unspecified atom stereocenters. The van der Waals surface area contributed by atoms with Crippen LogP contribution in [0.15, 0.2) is 67.0 Å². The number of carbonyl (C=O) groups excluding carboxylic acids is 1. The van der Waals surface area contributed by atoms with Crippen LogP contribution >= 0.6 is 0 Å². The highest BCUT2D eigenvalue weighted by Gasteiger charge is 2.10. The molecule has 24 heavy (non-hydrogen) atoms. The van der Waals surface area contributed by atoms with Crippen LogP contribution in [0.25, 0.3) is 6.08 Å². The minimum atomic E-state index is -0.445. The standard InChI is InChI=1S/C19H17N3O2/c1-2-10-24-18-8-4-3-7-16(18)11-17(12-20)19(23)22-14-15-6-5-9-21-13-15/h2-9,11,13H,1,10,14H2,(H,22,23)/b17-11+. The molecule has 0 spiro atoms. The van der Waals surface area contributed by atoms with Crippen molar-refractivity contribution in [3.8, 4) is 11.8 Å². The van der Waals surface area contributed by atoms with E-state index in [4.69, 9.17) is 4.74 Å². The minimum absolute atomic E-state index is 0.00791. The molecule has 5 nitrogen and oxygen atoms in total. The highest BCUT2D eigenvalue weighted by molar-refractivity contribution is 6.01. The molecule has 2 rings (SSSR count). The number of carbonyl (C=O) groups is 1. The second kappa shape index (κ2) is 8.91. The number of para-hydroxylation sites is 1. The highest BCUT2D eigenvalue weighted by atomic mass is 16.5. The van der Waals surface area contributed by atoms with Crippen molar-refractivity contribution in [2.45, 2.75) is 6.54 Å². The van der Waals surface area contributed by atoms with Crippen molar-refractivity contribution in [3.05, 3.63) is 78.1 Å². The van der Waals surface area contributed by atoms with Crippen LogP contribution < -0.4 is 10.1 Å². The van der Waals surface area contributed by atoms with E-state index in [1.807, 2.05) is 24.3 Å². The number of nitrogens with zero attached hydrogens (tertiary/aromatic N) is 2. The number of aromatic nitrogens is 1. The molecule has 2 aromatic rings. The Hall–Kier alpha value is -3.39. The zero-order chi connectivity index (χ0) is 17.2. The summed E-state index contributed by atoms with van der Waals surface area (Å²) in [5, 5.41) is 12.0. The second-order valence-electron chi connectivity index (χ2n) is 4.85. The van der Waals surface area contributed by atoms with Gasteiger partial charge in [0, 0.05) is 24.5 Å². The summed E-state index contributed by atoms with van der Waals surface area (Å²) >= 11 is 0. The Labute approximate surface area is 140 Å². The molecule has 1 aromatic carbocycles. The lowest BCUT2D eigenvalue weighted by Gasteiger charge is -2.08. The van der Waals surface area contributed by atoms with Crippen molar-refractivity contribution in [2.24, 2.45) is 0 Å². The first kappa shape index (κ1) is 17.0. The van der Waals surface area contributed by atoms with E-state index >= 15 is 0 Å². The molecule has 1 N–H and O–H groups in total. The maximum absolute atomic E-state index is 12.2. The van der Waals surface area contributed by atoms with Gasteiger partial charge in [-0.25, -0.2) is 0 Å². The first-order valence-corrected chi connectivity index (χ1v) is 7.36. The van der Waals surface area contributed by atoms with E-state index in [2.05, 4.69) is 16.9 Å². The zero-order valence-electron chi connectivity index (χ0n) is 13.1. The summed E-state index contributed by atoms with van der Waals surface area (Å²) in [5.74, 6) is 0.144. The molecule has 0 fully saturated rings. The normalized spacial score (nSPS) is 10.5. The first-order valence-electron chi connectivity index (χ1n) is 7.36. The van der Waals surface area contributed by atoms with Crippen LogP contribution in [0.4, 0.5) is 0 Å². The van der Waals surface area contributed by atoms with Crippen LogP contribution in [-0.4, -0.2) is 17.5 Å². The van der Waals surface area contributed by atoms with E-state index in [0.717, 1.165) is 5.56 Å². The van der Waals surface area contributed by atoms with E-state index in [9.17, 15) is 10.1 Å². The van der Waals surface area contributed by atoms with Gasteiger partial charge in [-0.1, -0.05) is 36.9 Å². The number of hydrogen-bond acceptors (Lipinski definition) is 4. The van der Waals surface area contributed by atoms with Crippen molar-refractivity contribution < 1.29 is 9.53 Å². The van der Waals surface area contributed by atoms with Gasteiger partial charge in [0.1, 0.15) is 24.0 Å². The Balaban J connectivity index is 2.12. The molecule has 0 aliphatic carbocycles. The summed E-state index contributed by atoms with van der Waals surface area (Å²) in [6.07, 6.45) is 6.46. The van der Waals surface area contributed by atoms with Crippen molar-refractivity contribution >= 4 is 12.0 Å². The summed E-state index contributed by atoms with van der Waals surface area (Å²) in [5.41, 5.74) is 1.53. The molecule has 1 amide bonds. The average Bonchev–Trinajstić information content (AvgIpc) is 2.64. The molecule has 0 bridgehead atoms. The number of nitriles is 1. The third-order valence-corrected chi connectivity index (χ3v) is 3.12. The van der Waals surface area contributed by atoms with E-state index in [0.29, 0.717) is 24.5 Å². The Kier molecular flexibility index (Phi) is 6.30. The second-order valence-corrected chi connectivity index (χ2v) is 4.85. The number of nitrogens with one attached hydrogen (secondary N) is 1. The van der Waals surface area contributed by atoms with Gasteiger partial charge in [0.05, 0.1) is 0 Å². The van der Waals surface area contributed by atoms with Crippen molar-refractivity contribution in [2.75, 3.05) is 6.61 Å². The SMILES string of the molecule is C=CCOc1ccccc1/C=C(\C#N)C(=O)NCc1cccnc1. The minimum Gasteiger partial charge on any atom is -0.489 e. The van der Waals surface area contributed by atoms with Crippen LogP contribution in [0.2, 0.25) is 0 Å². The predicted molar refractivity (Wildman–Crippen MR) is 91.8 cm³/mol. The summed E-state index contributed by atoms with van der Waals surface area (Å²) in [7, 11) is 0. The summed E-state index contributed by atoms with van der Waals surface area (Å²) < 4.78 is 5.53. The maximum Gasteiger partial charge on any atom is 0.262 e. The van der Waals surface area contributed by atoms with Crippen LogP contribution in [-0.2, 0) is 11.3 Å². The molecular formula is C19H17N3O2. The highest BCUT2D eigenvalue weighted by Crippen LogP contribution is 2.21.